The third kappa shape index (κ3) is 4.00. The summed E-state index contributed by atoms with van der Waals surface area (Å²) in [6.07, 6.45) is 0. The number of carbonyl (C=O) groups excluding carboxylic acids is 1. The summed E-state index contributed by atoms with van der Waals surface area (Å²) in [5.41, 5.74) is 2.09. The SMILES string of the molecule is COc1ccc(C(=O)NCCN(C)C)c2nc3ccccc3cc12.Cl. The summed E-state index contributed by atoms with van der Waals surface area (Å²) in [6, 6.07) is 13.5. The van der Waals surface area contributed by atoms with E-state index in [1.807, 2.05) is 55.4 Å². The molecule has 6 heteroatoms. The highest BCUT2D eigenvalue weighted by atomic mass is 35.5. The average molecular weight is 360 g/mol. The summed E-state index contributed by atoms with van der Waals surface area (Å²) < 4.78 is 5.45. The number of amides is 1. The van der Waals surface area contributed by atoms with Crippen molar-refractivity contribution >= 4 is 40.1 Å². The van der Waals surface area contributed by atoms with E-state index in [9.17, 15) is 4.79 Å². The number of nitrogens with zero attached hydrogens (tertiary/aromatic N) is 2. The van der Waals surface area contributed by atoms with E-state index in [0.717, 1.165) is 22.8 Å². The van der Waals surface area contributed by atoms with Crippen LogP contribution in [0.25, 0.3) is 21.8 Å². The average Bonchev–Trinajstić information content (AvgIpc) is 2.58. The number of carbonyl (C=O) groups is 1. The van der Waals surface area contributed by atoms with Crippen LogP contribution >= 0.6 is 12.4 Å². The van der Waals surface area contributed by atoms with Crippen LogP contribution in [-0.2, 0) is 0 Å². The second-order valence-corrected chi connectivity index (χ2v) is 5.95. The molecule has 0 bridgehead atoms. The second kappa shape index (κ2) is 8.14. The minimum Gasteiger partial charge on any atom is -0.496 e. The van der Waals surface area contributed by atoms with Gasteiger partial charge in [0.2, 0.25) is 0 Å². The standard InChI is InChI=1S/C19H21N3O2.ClH/c1-22(2)11-10-20-19(23)14-8-9-17(24-3)15-12-13-6-4-5-7-16(13)21-18(14)15;/h4-9,12H,10-11H2,1-3H3,(H,20,23);1H. The molecule has 1 heterocycles. The van der Waals surface area contributed by atoms with Crippen molar-refractivity contribution in [1.82, 2.24) is 15.2 Å². The van der Waals surface area contributed by atoms with Gasteiger partial charge in [-0.15, -0.1) is 12.4 Å². The molecule has 1 N–H and O–H groups in total. The number of hydrogen-bond donors (Lipinski definition) is 1. The van der Waals surface area contributed by atoms with E-state index < -0.39 is 0 Å². The van der Waals surface area contributed by atoms with Crippen LogP contribution in [0.15, 0.2) is 42.5 Å². The molecular weight excluding hydrogens is 338 g/mol. The van der Waals surface area contributed by atoms with Gasteiger partial charge in [0.25, 0.3) is 5.91 Å². The lowest BCUT2D eigenvalue weighted by Crippen LogP contribution is -2.31. The van der Waals surface area contributed by atoms with E-state index >= 15 is 0 Å². The Kier molecular flexibility index (Phi) is 6.17. The predicted molar refractivity (Wildman–Crippen MR) is 104 cm³/mol. The number of para-hydroxylation sites is 1. The molecule has 0 aliphatic rings. The number of likely N-dealkylation sites (N-methyl/N-ethyl adjacent to an activating group) is 1. The minimum absolute atomic E-state index is 0. The van der Waals surface area contributed by atoms with Crippen LogP contribution in [0.2, 0.25) is 0 Å². The Hall–Kier alpha value is -2.37. The third-order valence-electron chi connectivity index (χ3n) is 3.96. The quantitative estimate of drug-likeness (QED) is 0.711. The summed E-state index contributed by atoms with van der Waals surface area (Å²) >= 11 is 0. The van der Waals surface area contributed by atoms with E-state index in [2.05, 4.69) is 5.32 Å². The molecule has 0 unspecified atom stereocenters. The molecule has 132 valence electrons. The van der Waals surface area contributed by atoms with Gasteiger partial charge in [0.05, 0.1) is 23.7 Å². The van der Waals surface area contributed by atoms with E-state index in [-0.39, 0.29) is 18.3 Å². The number of methoxy groups -OCH3 is 1. The first kappa shape index (κ1) is 19.0. The van der Waals surface area contributed by atoms with Crippen molar-refractivity contribution in [2.75, 3.05) is 34.3 Å². The number of ether oxygens (including phenoxy) is 1. The largest absolute Gasteiger partial charge is 0.496 e. The van der Waals surface area contributed by atoms with Crippen LogP contribution in [0.1, 0.15) is 10.4 Å². The summed E-state index contributed by atoms with van der Waals surface area (Å²) in [4.78, 5) is 19.3. The van der Waals surface area contributed by atoms with Gasteiger partial charge in [-0.05, 0) is 38.4 Å². The molecule has 0 fully saturated rings. The summed E-state index contributed by atoms with van der Waals surface area (Å²) in [5.74, 6) is 0.598. The topological polar surface area (TPSA) is 54.5 Å². The molecule has 3 aromatic rings. The molecule has 0 atom stereocenters. The lowest BCUT2D eigenvalue weighted by atomic mass is 10.1. The van der Waals surface area contributed by atoms with Crippen molar-refractivity contribution in [2.45, 2.75) is 0 Å². The van der Waals surface area contributed by atoms with Gasteiger partial charge in [-0.2, -0.15) is 0 Å². The van der Waals surface area contributed by atoms with Crippen LogP contribution < -0.4 is 10.1 Å². The van der Waals surface area contributed by atoms with E-state index in [0.29, 0.717) is 23.4 Å². The fraction of sp³-hybridized carbons (Fsp3) is 0.263. The Morgan fingerprint density at radius 1 is 1.20 bits per heavy atom. The highest BCUT2D eigenvalue weighted by Gasteiger charge is 2.15. The van der Waals surface area contributed by atoms with Crippen LogP contribution in [0, 0.1) is 0 Å². The Morgan fingerprint density at radius 2 is 1.96 bits per heavy atom. The van der Waals surface area contributed by atoms with Crippen molar-refractivity contribution in [3.8, 4) is 5.75 Å². The number of hydrogen-bond acceptors (Lipinski definition) is 4. The van der Waals surface area contributed by atoms with E-state index in [4.69, 9.17) is 9.72 Å². The number of benzene rings is 2. The highest BCUT2D eigenvalue weighted by Crippen LogP contribution is 2.30. The number of aromatic nitrogens is 1. The van der Waals surface area contributed by atoms with Gasteiger partial charge in [-0.1, -0.05) is 18.2 Å². The van der Waals surface area contributed by atoms with E-state index in [1.54, 1.807) is 13.2 Å². The van der Waals surface area contributed by atoms with Gasteiger partial charge in [0.1, 0.15) is 5.75 Å². The maximum absolute atomic E-state index is 12.6. The predicted octanol–water partition coefficient (Wildman–Crippen LogP) is 3.11. The maximum atomic E-state index is 12.6. The van der Waals surface area contributed by atoms with Crippen molar-refractivity contribution in [3.05, 3.63) is 48.0 Å². The van der Waals surface area contributed by atoms with Crippen molar-refractivity contribution < 1.29 is 9.53 Å². The summed E-state index contributed by atoms with van der Waals surface area (Å²) in [7, 11) is 5.58. The Labute approximate surface area is 153 Å². The molecule has 0 spiro atoms. The Balaban J connectivity index is 0.00000225. The van der Waals surface area contributed by atoms with Gasteiger partial charge >= 0.3 is 0 Å². The smallest absolute Gasteiger partial charge is 0.253 e. The Bertz CT molecular complexity index is 896. The normalized spacial score (nSPS) is 10.7. The molecule has 0 aliphatic heterocycles. The number of fused-ring (bicyclic) bond motifs is 2. The molecule has 1 aromatic heterocycles. The zero-order valence-electron chi connectivity index (χ0n) is 14.6. The first-order valence-electron chi connectivity index (χ1n) is 7.89. The molecular formula is C19H22ClN3O2. The summed E-state index contributed by atoms with van der Waals surface area (Å²) in [5, 5.41) is 4.81. The van der Waals surface area contributed by atoms with Crippen molar-refractivity contribution in [3.63, 3.8) is 0 Å². The Morgan fingerprint density at radius 3 is 2.68 bits per heavy atom. The van der Waals surface area contributed by atoms with Gasteiger partial charge in [0, 0.05) is 23.9 Å². The van der Waals surface area contributed by atoms with E-state index in [1.165, 1.54) is 0 Å². The summed E-state index contributed by atoms with van der Waals surface area (Å²) in [6.45, 7) is 1.38. The lowest BCUT2D eigenvalue weighted by molar-refractivity contribution is 0.0952. The second-order valence-electron chi connectivity index (χ2n) is 5.95. The molecule has 25 heavy (non-hydrogen) atoms. The van der Waals surface area contributed by atoms with Crippen LogP contribution in [0.5, 0.6) is 5.75 Å². The molecule has 0 saturated heterocycles. The van der Waals surface area contributed by atoms with Gasteiger partial charge in [-0.3, -0.25) is 4.79 Å². The fourth-order valence-electron chi connectivity index (χ4n) is 2.69. The van der Waals surface area contributed by atoms with Gasteiger partial charge in [-0.25, -0.2) is 4.98 Å². The first-order valence-corrected chi connectivity index (χ1v) is 7.89. The first-order chi connectivity index (χ1) is 11.6. The molecule has 5 nitrogen and oxygen atoms in total. The molecule has 0 radical (unpaired) electrons. The minimum atomic E-state index is -0.118. The molecule has 0 saturated carbocycles. The monoisotopic (exact) mass is 359 g/mol. The van der Waals surface area contributed by atoms with Gasteiger partial charge < -0.3 is 15.0 Å². The van der Waals surface area contributed by atoms with Crippen molar-refractivity contribution in [1.29, 1.82) is 0 Å². The highest BCUT2D eigenvalue weighted by molar-refractivity contribution is 6.09. The fourth-order valence-corrected chi connectivity index (χ4v) is 2.69. The maximum Gasteiger partial charge on any atom is 0.253 e. The number of pyridine rings is 1. The van der Waals surface area contributed by atoms with Crippen LogP contribution in [0.3, 0.4) is 0 Å². The zero-order chi connectivity index (χ0) is 17.1. The molecule has 1 amide bonds. The molecule has 3 rings (SSSR count). The lowest BCUT2D eigenvalue weighted by Gasteiger charge is -2.13. The third-order valence-corrected chi connectivity index (χ3v) is 3.96. The number of rotatable bonds is 5. The number of halogens is 1. The van der Waals surface area contributed by atoms with Gasteiger partial charge in [0.15, 0.2) is 0 Å². The molecule has 2 aromatic carbocycles. The molecule has 0 aliphatic carbocycles. The van der Waals surface area contributed by atoms with Crippen LogP contribution in [0.4, 0.5) is 0 Å². The van der Waals surface area contributed by atoms with Crippen molar-refractivity contribution in [2.24, 2.45) is 0 Å². The zero-order valence-corrected chi connectivity index (χ0v) is 15.4. The number of nitrogens with one attached hydrogen (secondary N) is 1. The van der Waals surface area contributed by atoms with Crippen LogP contribution in [-0.4, -0.2) is 50.1 Å².